The first-order valence-electron chi connectivity index (χ1n) is 6.86. The van der Waals surface area contributed by atoms with E-state index in [1.54, 1.807) is 11.8 Å². The third-order valence-electron chi connectivity index (χ3n) is 3.61. The van der Waals surface area contributed by atoms with Crippen molar-refractivity contribution in [3.8, 4) is 0 Å². The molecule has 3 nitrogen and oxygen atoms in total. The summed E-state index contributed by atoms with van der Waals surface area (Å²) in [6.45, 7) is 7.57. The fourth-order valence-corrected chi connectivity index (χ4v) is 2.51. The summed E-state index contributed by atoms with van der Waals surface area (Å²) in [6, 6.07) is 2.21. The predicted molar refractivity (Wildman–Crippen MR) is 74.8 cm³/mol. The van der Waals surface area contributed by atoms with Gasteiger partial charge in [0.25, 0.3) is 5.91 Å². The summed E-state index contributed by atoms with van der Waals surface area (Å²) < 4.78 is 27.6. The van der Waals surface area contributed by atoms with E-state index in [4.69, 9.17) is 0 Å². The highest BCUT2D eigenvalue weighted by Gasteiger charge is 2.32. The Balaban J connectivity index is 2.23. The third-order valence-corrected chi connectivity index (χ3v) is 3.61. The van der Waals surface area contributed by atoms with Gasteiger partial charge in [-0.2, -0.15) is 0 Å². The van der Waals surface area contributed by atoms with Gasteiger partial charge in [-0.1, -0.05) is 13.8 Å². The Morgan fingerprint density at radius 1 is 1.35 bits per heavy atom. The smallest absolute Gasteiger partial charge is 0.254 e. The van der Waals surface area contributed by atoms with Gasteiger partial charge in [0.2, 0.25) is 0 Å². The Bertz CT molecular complexity index is 506. The van der Waals surface area contributed by atoms with Gasteiger partial charge in [0.1, 0.15) is 17.3 Å². The first-order valence-corrected chi connectivity index (χ1v) is 6.86. The molecule has 1 N–H and O–H groups in total. The Morgan fingerprint density at radius 3 is 2.40 bits per heavy atom. The van der Waals surface area contributed by atoms with E-state index in [9.17, 15) is 13.6 Å². The summed E-state index contributed by atoms with van der Waals surface area (Å²) in [4.78, 5) is 13.9. The minimum absolute atomic E-state index is 0.0659. The molecule has 1 aromatic carbocycles. The summed E-state index contributed by atoms with van der Waals surface area (Å²) in [5.74, 6) is -1.77. The van der Waals surface area contributed by atoms with Gasteiger partial charge < -0.3 is 10.2 Å². The number of likely N-dealkylation sites (tertiary alicyclic amines) is 1. The second-order valence-corrected chi connectivity index (χ2v) is 5.99. The fourth-order valence-electron chi connectivity index (χ4n) is 2.51. The number of hydrogen-bond acceptors (Lipinski definition) is 2. The molecule has 1 aliphatic rings. The number of amides is 1. The summed E-state index contributed by atoms with van der Waals surface area (Å²) in [5.41, 5.74) is -0.0404. The van der Waals surface area contributed by atoms with Crippen LogP contribution in [0.4, 0.5) is 14.5 Å². The quantitative estimate of drug-likeness (QED) is 0.923. The SMILES string of the molecule is CCNc1c(F)cc(C(=O)N2CCC(C)(C)C2)cc1F. The first kappa shape index (κ1) is 14.8. The van der Waals surface area contributed by atoms with Crippen LogP contribution in [0.3, 0.4) is 0 Å². The number of benzene rings is 1. The van der Waals surface area contributed by atoms with Crippen LogP contribution >= 0.6 is 0 Å². The van der Waals surface area contributed by atoms with E-state index < -0.39 is 11.6 Å². The van der Waals surface area contributed by atoms with Crippen LogP contribution in [-0.2, 0) is 0 Å². The normalized spacial score (nSPS) is 17.4. The lowest BCUT2D eigenvalue weighted by atomic mass is 9.93. The molecule has 1 aromatic rings. The average Bonchev–Trinajstić information content (AvgIpc) is 2.73. The van der Waals surface area contributed by atoms with Gasteiger partial charge in [-0.25, -0.2) is 8.78 Å². The molecule has 2 rings (SSSR count). The summed E-state index contributed by atoms with van der Waals surface area (Å²) in [6.07, 6.45) is 0.902. The maximum atomic E-state index is 13.8. The van der Waals surface area contributed by atoms with Crippen molar-refractivity contribution in [2.75, 3.05) is 25.0 Å². The zero-order chi connectivity index (χ0) is 14.9. The third kappa shape index (κ3) is 2.92. The minimum Gasteiger partial charge on any atom is -0.381 e. The van der Waals surface area contributed by atoms with Crippen LogP contribution in [0.15, 0.2) is 12.1 Å². The van der Waals surface area contributed by atoms with E-state index >= 15 is 0 Å². The lowest BCUT2D eigenvalue weighted by Gasteiger charge is -2.20. The van der Waals surface area contributed by atoms with Crippen molar-refractivity contribution >= 4 is 11.6 Å². The lowest BCUT2D eigenvalue weighted by molar-refractivity contribution is 0.0777. The first-order chi connectivity index (χ1) is 9.34. The van der Waals surface area contributed by atoms with Crippen LogP contribution in [0.5, 0.6) is 0 Å². The average molecular weight is 282 g/mol. The van der Waals surface area contributed by atoms with Crippen LogP contribution in [0, 0.1) is 17.0 Å². The minimum atomic E-state index is -0.728. The summed E-state index contributed by atoms with van der Waals surface area (Å²) >= 11 is 0. The molecule has 0 aliphatic carbocycles. The zero-order valence-electron chi connectivity index (χ0n) is 12.1. The molecule has 0 unspecified atom stereocenters. The number of anilines is 1. The highest BCUT2D eigenvalue weighted by molar-refractivity contribution is 5.95. The van der Waals surface area contributed by atoms with Crippen molar-refractivity contribution in [1.29, 1.82) is 0 Å². The number of nitrogens with one attached hydrogen (secondary N) is 1. The zero-order valence-corrected chi connectivity index (χ0v) is 12.1. The molecular formula is C15H20F2N2O. The number of carbonyl (C=O) groups excluding carboxylic acids is 1. The van der Waals surface area contributed by atoms with E-state index in [1.165, 1.54) is 0 Å². The maximum Gasteiger partial charge on any atom is 0.254 e. The van der Waals surface area contributed by atoms with Crippen LogP contribution in [0.25, 0.3) is 0 Å². The second-order valence-electron chi connectivity index (χ2n) is 5.99. The van der Waals surface area contributed by atoms with Crippen molar-refractivity contribution in [2.24, 2.45) is 5.41 Å². The largest absolute Gasteiger partial charge is 0.381 e. The molecule has 1 fully saturated rings. The van der Waals surface area contributed by atoms with Crippen molar-refractivity contribution in [3.05, 3.63) is 29.3 Å². The van der Waals surface area contributed by atoms with Gasteiger partial charge in [0, 0.05) is 25.2 Å². The highest BCUT2D eigenvalue weighted by Crippen LogP contribution is 2.30. The van der Waals surface area contributed by atoms with Crippen LogP contribution in [-0.4, -0.2) is 30.4 Å². The highest BCUT2D eigenvalue weighted by atomic mass is 19.1. The van der Waals surface area contributed by atoms with Gasteiger partial charge in [-0.15, -0.1) is 0 Å². The molecule has 0 bridgehead atoms. The van der Waals surface area contributed by atoms with E-state index in [1.807, 2.05) is 0 Å². The molecule has 1 aliphatic heterocycles. The van der Waals surface area contributed by atoms with Crippen LogP contribution in [0.2, 0.25) is 0 Å². The lowest BCUT2D eigenvalue weighted by Crippen LogP contribution is -2.30. The number of rotatable bonds is 3. The van der Waals surface area contributed by atoms with Crippen molar-refractivity contribution < 1.29 is 13.6 Å². The molecule has 0 spiro atoms. The number of nitrogens with zero attached hydrogens (tertiary/aromatic N) is 1. The van der Waals surface area contributed by atoms with Gasteiger partial charge in [0.05, 0.1) is 0 Å². The van der Waals surface area contributed by atoms with Gasteiger partial charge in [-0.3, -0.25) is 4.79 Å². The monoisotopic (exact) mass is 282 g/mol. The van der Waals surface area contributed by atoms with E-state index in [-0.39, 0.29) is 22.6 Å². The van der Waals surface area contributed by atoms with Crippen molar-refractivity contribution in [2.45, 2.75) is 27.2 Å². The van der Waals surface area contributed by atoms with Crippen LogP contribution < -0.4 is 5.32 Å². The molecule has 0 saturated carbocycles. The molecule has 0 atom stereocenters. The van der Waals surface area contributed by atoms with Gasteiger partial charge >= 0.3 is 0 Å². The summed E-state index contributed by atoms with van der Waals surface area (Å²) in [5, 5.41) is 2.62. The van der Waals surface area contributed by atoms with E-state index in [0.29, 0.717) is 19.6 Å². The van der Waals surface area contributed by atoms with Gasteiger partial charge in [0.15, 0.2) is 0 Å². The Labute approximate surface area is 118 Å². The Morgan fingerprint density at radius 2 is 1.95 bits per heavy atom. The molecule has 110 valence electrons. The van der Waals surface area contributed by atoms with Gasteiger partial charge in [-0.05, 0) is 30.9 Å². The maximum absolute atomic E-state index is 13.8. The number of halogens is 2. The number of hydrogen-bond donors (Lipinski definition) is 1. The molecule has 1 amide bonds. The Hall–Kier alpha value is -1.65. The molecule has 1 saturated heterocycles. The van der Waals surface area contributed by atoms with Crippen LogP contribution in [0.1, 0.15) is 37.6 Å². The number of carbonyl (C=O) groups is 1. The molecular weight excluding hydrogens is 262 g/mol. The molecule has 0 radical (unpaired) electrons. The topological polar surface area (TPSA) is 32.3 Å². The summed E-state index contributed by atoms with van der Waals surface area (Å²) in [7, 11) is 0. The molecule has 0 aromatic heterocycles. The van der Waals surface area contributed by atoms with E-state index in [2.05, 4.69) is 19.2 Å². The molecule has 20 heavy (non-hydrogen) atoms. The standard InChI is InChI=1S/C15H20F2N2O/c1-4-18-13-11(16)7-10(8-12(13)17)14(20)19-6-5-15(2,3)9-19/h7-8,18H,4-6,9H2,1-3H3. The fraction of sp³-hybridized carbons (Fsp3) is 0.533. The molecule has 1 heterocycles. The second kappa shape index (κ2) is 5.38. The predicted octanol–water partition coefficient (Wildman–Crippen LogP) is 3.27. The van der Waals surface area contributed by atoms with E-state index in [0.717, 1.165) is 18.6 Å². The van der Waals surface area contributed by atoms with Crippen molar-refractivity contribution in [3.63, 3.8) is 0 Å². The Kier molecular flexibility index (Phi) is 3.97. The van der Waals surface area contributed by atoms with Crippen molar-refractivity contribution in [1.82, 2.24) is 4.90 Å². The molecule has 5 heteroatoms.